The normalized spacial score (nSPS) is 10.9. The number of nitrogens with zero attached hydrogens (tertiary/aromatic N) is 4. The summed E-state index contributed by atoms with van der Waals surface area (Å²) in [6, 6.07) is 3.86. The second-order valence-corrected chi connectivity index (χ2v) is 6.07. The molecule has 1 N–H and O–H groups in total. The lowest BCUT2D eigenvalue weighted by Crippen LogP contribution is -2.22. The summed E-state index contributed by atoms with van der Waals surface area (Å²) in [5.41, 5.74) is 2.69. The fraction of sp³-hybridized carbons (Fsp3) is 0.267. The number of amides is 1. The van der Waals surface area contributed by atoms with Gasteiger partial charge in [0.1, 0.15) is 4.88 Å². The molecule has 0 aliphatic heterocycles. The number of carbonyl (C=O) groups excluding carboxylic acids is 1. The Labute approximate surface area is 132 Å². The molecule has 0 aliphatic carbocycles. The number of aryl methyl sites for hydroxylation is 3. The lowest BCUT2D eigenvalue weighted by Gasteiger charge is -2.02. The van der Waals surface area contributed by atoms with E-state index in [0.29, 0.717) is 11.4 Å². The van der Waals surface area contributed by atoms with Gasteiger partial charge in [-0.25, -0.2) is 4.98 Å². The molecule has 0 fully saturated rings. The van der Waals surface area contributed by atoms with Crippen LogP contribution < -0.4 is 5.32 Å². The van der Waals surface area contributed by atoms with Crippen molar-refractivity contribution < 1.29 is 4.79 Å². The quantitative estimate of drug-likeness (QED) is 0.803. The topological polar surface area (TPSA) is 64.7 Å². The maximum Gasteiger partial charge on any atom is 0.263 e. The van der Waals surface area contributed by atoms with Crippen LogP contribution >= 0.6 is 11.3 Å². The molecule has 0 aromatic carbocycles. The number of hydrogen-bond donors (Lipinski definition) is 1. The number of rotatable bonds is 4. The molecular weight excluding hydrogens is 298 g/mol. The highest BCUT2D eigenvalue weighted by molar-refractivity contribution is 7.16. The van der Waals surface area contributed by atoms with E-state index in [1.165, 1.54) is 11.3 Å². The van der Waals surface area contributed by atoms with Crippen LogP contribution in [-0.2, 0) is 13.6 Å². The highest BCUT2D eigenvalue weighted by Gasteiger charge is 2.16. The van der Waals surface area contributed by atoms with Crippen LogP contribution in [0.1, 0.15) is 26.6 Å². The van der Waals surface area contributed by atoms with Gasteiger partial charge in [-0.15, -0.1) is 0 Å². The van der Waals surface area contributed by atoms with Gasteiger partial charge in [-0.3, -0.25) is 9.48 Å². The molecular formula is C15H17N5OS. The summed E-state index contributed by atoms with van der Waals surface area (Å²) in [5.74, 6) is -0.100. The van der Waals surface area contributed by atoms with Crippen molar-refractivity contribution >= 4 is 17.2 Å². The van der Waals surface area contributed by atoms with E-state index in [9.17, 15) is 4.79 Å². The number of carbonyl (C=O) groups is 1. The molecule has 3 heterocycles. The molecule has 0 saturated carbocycles. The molecule has 6 nitrogen and oxygen atoms in total. The summed E-state index contributed by atoms with van der Waals surface area (Å²) in [6.45, 7) is 4.26. The van der Waals surface area contributed by atoms with Gasteiger partial charge >= 0.3 is 0 Å². The molecule has 0 saturated heterocycles. The van der Waals surface area contributed by atoms with Crippen LogP contribution in [0.25, 0.3) is 5.13 Å². The number of aromatic nitrogens is 4. The molecule has 0 bridgehead atoms. The number of hydrogen-bond acceptors (Lipinski definition) is 4. The fourth-order valence-electron chi connectivity index (χ4n) is 2.24. The predicted molar refractivity (Wildman–Crippen MR) is 85.3 cm³/mol. The van der Waals surface area contributed by atoms with E-state index in [0.717, 1.165) is 22.1 Å². The standard InChI is InChI=1S/C15H17N5OS/c1-10-12(9-19(3)18-10)8-16-14(21)13-11(2)17-15(22-13)20-6-4-5-7-20/h4-7,9H,8H2,1-3H3,(H,16,21). The first-order valence-electron chi connectivity index (χ1n) is 6.92. The van der Waals surface area contributed by atoms with Crippen LogP contribution in [0.2, 0.25) is 0 Å². The molecule has 3 aromatic rings. The molecule has 114 valence electrons. The third-order valence-electron chi connectivity index (χ3n) is 3.37. The van der Waals surface area contributed by atoms with Crippen LogP contribution in [0.4, 0.5) is 0 Å². The Morgan fingerprint density at radius 2 is 2.00 bits per heavy atom. The fourth-order valence-corrected chi connectivity index (χ4v) is 3.19. The molecule has 0 unspecified atom stereocenters. The first-order chi connectivity index (χ1) is 10.5. The van der Waals surface area contributed by atoms with Gasteiger partial charge < -0.3 is 9.88 Å². The van der Waals surface area contributed by atoms with E-state index in [-0.39, 0.29) is 5.91 Å². The van der Waals surface area contributed by atoms with Gasteiger partial charge in [-0.05, 0) is 26.0 Å². The second-order valence-electron chi connectivity index (χ2n) is 5.10. The summed E-state index contributed by atoms with van der Waals surface area (Å²) >= 11 is 1.39. The van der Waals surface area contributed by atoms with Crippen molar-refractivity contribution in [2.24, 2.45) is 7.05 Å². The van der Waals surface area contributed by atoms with E-state index in [1.807, 2.05) is 56.2 Å². The van der Waals surface area contributed by atoms with Crippen molar-refractivity contribution in [3.8, 4) is 5.13 Å². The Balaban J connectivity index is 1.74. The molecule has 0 atom stereocenters. The molecule has 3 rings (SSSR count). The van der Waals surface area contributed by atoms with Crippen molar-refractivity contribution in [1.29, 1.82) is 0 Å². The van der Waals surface area contributed by atoms with E-state index < -0.39 is 0 Å². The van der Waals surface area contributed by atoms with Crippen LogP contribution in [0.5, 0.6) is 0 Å². The summed E-state index contributed by atoms with van der Waals surface area (Å²) in [6.07, 6.45) is 5.75. The molecule has 1 amide bonds. The number of nitrogens with one attached hydrogen (secondary N) is 1. The van der Waals surface area contributed by atoms with Crippen molar-refractivity contribution in [1.82, 2.24) is 24.6 Å². The monoisotopic (exact) mass is 315 g/mol. The Bertz CT molecular complexity index is 800. The zero-order valence-electron chi connectivity index (χ0n) is 12.7. The molecule has 0 radical (unpaired) electrons. The molecule has 7 heteroatoms. The maximum atomic E-state index is 12.4. The zero-order valence-corrected chi connectivity index (χ0v) is 13.5. The summed E-state index contributed by atoms with van der Waals surface area (Å²) in [4.78, 5) is 17.5. The minimum Gasteiger partial charge on any atom is -0.347 e. The van der Waals surface area contributed by atoms with Crippen molar-refractivity contribution in [3.05, 3.63) is 52.6 Å². The predicted octanol–water partition coefficient (Wildman–Crippen LogP) is 2.21. The van der Waals surface area contributed by atoms with Crippen molar-refractivity contribution in [2.75, 3.05) is 0 Å². The summed E-state index contributed by atoms with van der Waals surface area (Å²) in [7, 11) is 1.87. The number of thiazole rings is 1. The first-order valence-corrected chi connectivity index (χ1v) is 7.74. The lowest BCUT2D eigenvalue weighted by molar-refractivity contribution is 0.0954. The third-order valence-corrected chi connectivity index (χ3v) is 4.54. The van der Waals surface area contributed by atoms with Crippen molar-refractivity contribution in [3.63, 3.8) is 0 Å². The zero-order chi connectivity index (χ0) is 15.7. The van der Waals surface area contributed by atoms with Gasteiger partial charge in [0.15, 0.2) is 5.13 Å². The Morgan fingerprint density at radius 1 is 1.27 bits per heavy atom. The van der Waals surface area contributed by atoms with Gasteiger partial charge in [0, 0.05) is 37.7 Å². The van der Waals surface area contributed by atoms with Gasteiger partial charge in [0.25, 0.3) is 5.91 Å². The minimum atomic E-state index is -0.100. The van der Waals surface area contributed by atoms with Gasteiger partial charge in [0.05, 0.1) is 11.4 Å². The van der Waals surface area contributed by atoms with Gasteiger partial charge in [-0.2, -0.15) is 5.10 Å². The molecule has 0 aliphatic rings. The first kappa shape index (κ1) is 14.5. The van der Waals surface area contributed by atoms with E-state index in [4.69, 9.17) is 0 Å². The summed E-state index contributed by atoms with van der Waals surface area (Å²) in [5, 5.41) is 8.00. The van der Waals surface area contributed by atoms with Gasteiger partial charge in [-0.1, -0.05) is 11.3 Å². The second kappa shape index (κ2) is 5.76. The van der Waals surface area contributed by atoms with E-state index in [2.05, 4.69) is 15.4 Å². The average Bonchev–Trinajstić information content (AvgIpc) is 3.16. The van der Waals surface area contributed by atoms with E-state index in [1.54, 1.807) is 4.68 Å². The average molecular weight is 315 g/mol. The SMILES string of the molecule is Cc1nn(C)cc1CNC(=O)c1sc(-n2cccc2)nc1C. The highest BCUT2D eigenvalue weighted by Crippen LogP contribution is 2.21. The van der Waals surface area contributed by atoms with Crippen LogP contribution in [0.3, 0.4) is 0 Å². The van der Waals surface area contributed by atoms with Gasteiger partial charge in [0.2, 0.25) is 0 Å². The molecule has 3 aromatic heterocycles. The lowest BCUT2D eigenvalue weighted by atomic mass is 10.2. The maximum absolute atomic E-state index is 12.4. The highest BCUT2D eigenvalue weighted by atomic mass is 32.1. The molecule has 0 spiro atoms. The van der Waals surface area contributed by atoms with Crippen LogP contribution in [-0.4, -0.2) is 25.2 Å². The van der Waals surface area contributed by atoms with Crippen molar-refractivity contribution in [2.45, 2.75) is 20.4 Å². The van der Waals surface area contributed by atoms with Crippen LogP contribution in [0, 0.1) is 13.8 Å². The molecule has 22 heavy (non-hydrogen) atoms. The summed E-state index contributed by atoms with van der Waals surface area (Å²) < 4.78 is 3.65. The Morgan fingerprint density at radius 3 is 2.64 bits per heavy atom. The third kappa shape index (κ3) is 2.80. The Hall–Kier alpha value is -2.41. The largest absolute Gasteiger partial charge is 0.347 e. The Kier molecular flexibility index (Phi) is 3.81. The van der Waals surface area contributed by atoms with Crippen LogP contribution in [0.15, 0.2) is 30.7 Å². The smallest absolute Gasteiger partial charge is 0.263 e. The van der Waals surface area contributed by atoms with E-state index >= 15 is 0 Å². The minimum absolute atomic E-state index is 0.100.